The summed E-state index contributed by atoms with van der Waals surface area (Å²) in [5.41, 5.74) is 5.60. The van der Waals surface area contributed by atoms with Crippen LogP contribution in [0.25, 0.3) is 11.1 Å². The van der Waals surface area contributed by atoms with E-state index in [1.807, 2.05) is 12.1 Å². The number of ether oxygens (including phenoxy) is 2. The molecule has 0 N–H and O–H groups in total. The third kappa shape index (κ3) is 6.65. The standard InChI is InChI=1S/C35H41FN2O4.Na/c1-20-5-6-21(2)38(20)19-27-15-25(11-13-28(27)29-17-33(41-4)37-18-30(29)36)31-14-12-23-7-10-26(16-32(23)42-31)34(24-8-9-24)22(3)35(39)40;/h7,10-11,13,15-18,20-22,24,31,34H,5-6,8-9,12,14,19H2,1-4H3,(H,39,40);/q;+1/p-1/t20-,21+,22-,31?,34-;/m0./s1. The van der Waals surface area contributed by atoms with Crippen molar-refractivity contribution in [2.45, 2.75) is 89.9 Å². The molecule has 2 aromatic carbocycles. The third-order valence-electron chi connectivity index (χ3n) is 9.78. The summed E-state index contributed by atoms with van der Waals surface area (Å²) in [7, 11) is 1.54. The topological polar surface area (TPSA) is 74.7 Å². The predicted molar refractivity (Wildman–Crippen MR) is 158 cm³/mol. The number of aromatic nitrogens is 1. The zero-order valence-corrected chi connectivity index (χ0v) is 27.9. The number of pyridine rings is 1. The molecule has 3 aliphatic rings. The maximum Gasteiger partial charge on any atom is 1.00 e. The molecule has 3 heterocycles. The second-order valence-corrected chi connectivity index (χ2v) is 12.6. The van der Waals surface area contributed by atoms with Gasteiger partial charge in [-0.3, -0.25) is 4.90 Å². The molecular formula is C35H40FN2NaO4. The van der Waals surface area contributed by atoms with E-state index in [0.29, 0.717) is 36.0 Å². The van der Waals surface area contributed by atoms with Crippen molar-refractivity contribution in [3.05, 3.63) is 76.7 Å². The van der Waals surface area contributed by atoms with Gasteiger partial charge in [-0.25, -0.2) is 9.37 Å². The number of carboxylic acids is 1. The number of benzene rings is 2. The average molecular weight is 595 g/mol. The van der Waals surface area contributed by atoms with Crippen LogP contribution in [0.3, 0.4) is 0 Å². The van der Waals surface area contributed by atoms with E-state index in [1.54, 1.807) is 13.0 Å². The van der Waals surface area contributed by atoms with E-state index in [4.69, 9.17) is 9.47 Å². The minimum atomic E-state index is -0.999. The van der Waals surface area contributed by atoms with Gasteiger partial charge in [-0.1, -0.05) is 37.3 Å². The molecule has 0 amide bonds. The number of carbonyl (C=O) groups excluding carboxylic acids is 1. The molecule has 222 valence electrons. The number of fused-ring (bicyclic) bond motifs is 1. The first-order valence-electron chi connectivity index (χ1n) is 15.3. The second kappa shape index (κ2) is 13.3. The van der Waals surface area contributed by atoms with Crippen LogP contribution in [0.4, 0.5) is 4.39 Å². The summed E-state index contributed by atoms with van der Waals surface area (Å²) >= 11 is 0. The summed E-state index contributed by atoms with van der Waals surface area (Å²) in [4.78, 5) is 18.3. The van der Waals surface area contributed by atoms with E-state index < -0.39 is 11.9 Å². The first-order valence-corrected chi connectivity index (χ1v) is 15.3. The monoisotopic (exact) mass is 594 g/mol. The Hall–Kier alpha value is -2.45. The van der Waals surface area contributed by atoms with Crippen molar-refractivity contribution in [3.63, 3.8) is 0 Å². The molecule has 1 unspecified atom stereocenters. The minimum Gasteiger partial charge on any atom is -0.550 e. The molecule has 1 aliphatic carbocycles. The fraction of sp³-hybridized carbons (Fsp3) is 0.486. The van der Waals surface area contributed by atoms with E-state index in [9.17, 15) is 9.90 Å². The van der Waals surface area contributed by atoms with Gasteiger partial charge in [0.2, 0.25) is 5.88 Å². The SMILES string of the molecule is COc1cc(-c2ccc(C3CCc4ccc([C@H](C5CC5)[C@H](C)C(=O)[O-])cc4O3)cc2CN2[C@H](C)CC[C@@H]2C)c(F)cn1.[Na+]. The third-order valence-corrected chi connectivity index (χ3v) is 9.78. The first kappa shape index (κ1) is 32.0. The summed E-state index contributed by atoms with van der Waals surface area (Å²) in [5.74, 6) is -0.394. The summed E-state index contributed by atoms with van der Waals surface area (Å²) in [5, 5.41) is 11.8. The maximum absolute atomic E-state index is 15.1. The number of methoxy groups -OCH3 is 1. The molecule has 43 heavy (non-hydrogen) atoms. The Morgan fingerprint density at radius 2 is 1.81 bits per heavy atom. The minimum absolute atomic E-state index is 0. The van der Waals surface area contributed by atoms with E-state index in [-0.39, 0.29) is 47.4 Å². The molecule has 2 aliphatic heterocycles. The fourth-order valence-corrected chi connectivity index (χ4v) is 7.10. The number of carboxylic acid groups (broad SMARTS) is 1. The summed E-state index contributed by atoms with van der Waals surface area (Å²) in [6.45, 7) is 7.00. The Balaban J connectivity index is 0.00000368. The van der Waals surface area contributed by atoms with Gasteiger partial charge < -0.3 is 19.4 Å². The number of nitrogens with zero attached hydrogens (tertiary/aromatic N) is 2. The van der Waals surface area contributed by atoms with Crippen molar-refractivity contribution in [3.8, 4) is 22.8 Å². The average Bonchev–Trinajstić information content (AvgIpc) is 3.78. The van der Waals surface area contributed by atoms with Gasteiger partial charge in [0.1, 0.15) is 17.7 Å². The molecular weight excluding hydrogens is 554 g/mol. The van der Waals surface area contributed by atoms with Gasteiger partial charge >= 0.3 is 29.6 Å². The second-order valence-electron chi connectivity index (χ2n) is 12.6. The summed E-state index contributed by atoms with van der Waals surface area (Å²) < 4.78 is 27.1. The molecule has 6 rings (SSSR count). The van der Waals surface area contributed by atoms with Crippen molar-refractivity contribution in [2.75, 3.05) is 7.11 Å². The number of hydrogen-bond donors (Lipinski definition) is 0. The van der Waals surface area contributed by atoms with Crippen molar-refractivity contribution >= 4 is 5.97 Å². The van der Waals surface area contributed by atoms with Gasteiger partial charge in [-0.05, 0) is 98.1 Å². The Morgan fingerprint density at radius 1 is 1.07 bits per heavy atom. The molecule has 3 aromatic rings. The number of aryl methyl sites for hydroxylation is 1. The Bertz CT molecular complexity index is 1470. The summed E-state index contributed by atoms with van der Waals surface area (Å²) in [6.07, 6.45) is 7.18. The van der Waals surface area contributed by atoms with E-state index in [2.05, 4.69) is 48.0 Å². The number of rotatable bonds is 9. The Kier molecular flexibility index (Phi) is 9.86. The Morgan fingerprint density at radius 3 is 2.49 bits per heavy atom. The summed E-state index contributed by atoms with van der Waals surface area (Å²) in [6, 6.07) is 15.1. The molecule has 0 radical (unpaired) electrons. The van der Waals surface area contributed by atoms with Crippen LogP contribution < -0.4 is 44.1 Å². The van der Waals surface area contributed by atoms with E-state index >= 15 is 4.39 Å². The van der Waals surface area contributed by atoms with Crippen LogP contribution in [0.1, 0.15) is 87.2 Å². The van der Waals surface area contributed by atoms with Crippen molar-refractivity contribution in [1.82, 2.24) is 9.88 Å². The van der Waals surface area contributed by atoms with E-state index in [0.717, 1.165) is 72.1 Å². The van der Waals surface area contributed by atoms with Gasteiger partial charge in [0.25, 0.3) is 0 Å². The normalized spacial score (nSPS) is 23.0. The maximum atomic E-state index is 15.1. The van der Waals surface area contributed by atoms with Crippen molar-refractivity contribution < 1.29 is 53.3 Å². The molecule has 0 bridgehead atoms. The van der Waals surface area contributed by atoms with Crippen molar-refractivity contribution in [2.24, 2.45) is 11.8 Å². The molecule has 8 heteroatoms. The molecule has 2 fully saturated rings. The fourth-order valence-electron chi connectivity index (χ4n) is 7.10. The van der Waals surface area contributed by atoms with Gasteiger partial charge in [0.05, 0.1) is 13.3 Å². The number of hydrogen-bond acceptors (Lipinski definition) is 6. The molecule has 6 nitrogen and oxygen atoms in total. The van der Waals surface area contributed by atoms with Crippen LogP contribution in [-0.2, 0) is 17.8 Å². The first-order chi connectivity index (χ1) is 20.2. The molecule has 5 atom stereocenters. The van der Waals surface area contributed by atoms with Crippen LogP contribution in [0.15, 0.2) is 48.7 Å². The number of likely N-dealkylation sites (tertiary alicyclic amines) is 1. The van der Waals surface area contributed by atoms with Crippen LogP contribution in [0.5, 0.6) is 11.6 Å². The van der Waals surface area contributed by atoms with Crippen molar-refractivity contribution in [1.29, 1.82) is 0 Å². The van der Waals surface area contributed by atoms with Gasteiger partial charge in [-0.15, -0.1) is 0 Å². The number of carbonyl (C=O) groups is 1. The number of aliphatic carboxylic acids is 1. The smallest absolute Gasteiger partial charge is 0.550 e. The van der Waals surface area contributed by atoms with E-state index in [1.165, 1.54) is 13.3 Å². The quantitative estimate of drug-likeness (QED) is 0.355. The molecule has 1 saturated carbocycles. The predicted octanol–water partition coefficient (Wildman–Crippen LogP) is 3.22. The van der Waals surface area contributed by atoms with Crippen LogP contribution in [0.2, 0.25) is 0 Å². The van der Waals surface area contributed by atoms with Gasteiger partial charge in [0.15, 0.2) is 0 Å². The Labute approximate surface area is 276 Å². The van der Waals surface area contributed by atoms with Crippen LogP contribution in [0, 0.1) is 17.7 Å². The largest absolute Gasteiger partial charge is 1.00 e. The van der Waals surface area contributed by atoms with Gasteiger partial charge in [-0.2, -0.15) is 0 Å². The number of halogens is 1. The van der Waals surface area contributed by atoms with Crippen LogP contribution >= 0.6 is 0 Å². The zero-order valence-electron chi connectivity index (χ0n) is 25.9. The van der Waals surface area contributed by atoms with Crippen LogP contribution in [-0.4, -0.2) is 35.0 Å². The van der Waals surface area contributed by atoms with Gasteiger partial charge in [0, 0.05) is 42.1 Å². The molecule has 0 spiro atoms. The molecule has 1 saturated heterocycles. The zero-order chi connectivity index (χ0) is 29.5. The molecule has 1 aromatic heterocycles.